The number of ether oxygens (including phenoxy) is 2. The summed E-state index contributed by atoms with van der Waals surface area (Å²) < 4.78 is 9.05. The van der Waals surface area contributed by atoms with Crippen molar-refractivity contribution in [2.45, 2.75) is 38.3 Å². The van der Waals surface area contributed by atoms with Crippen LogP contribution in [0.5, 0.6) is 0 Å². The molecule has 0 bridgehead atoms. The lowest BCUT2D eigenvalue weighted by Crippen LogP contribution is -2.49. The fraction of sp³-hybridized carbons (Fsp3) is 0.800. The molecule has 0 saturated heterocycles. The van der Waals surface area contributed by atoms with Crippen LogP contribution in [0.4, 0.5) is 0 Å². The van der Waals surface area contributed by atoms with Gasteiger partial charge in [-0.2, -0.15) is 0 Å². The second-order valence-electron chi connectivity index (χ2n) is 3.68. The van der Waals surface area contributed by atoms with Crippen molar-refractivity contribution in [2.75, 3.05) is 13.2 Å². The molecule has 0 fully saturated rings. The molecule has 0 saturated carbocycles. The molecule has 0 aromatic carbocycles. The first-order valence-corrected chi connectivity index (χ1v) is 5.25. The number of aliphatic hydroxyl groups excluding tert-OH is 4. The first kappa shape index (κ1) is 16.8. The van der Waals surface area contributed by atoms with E-state index in [0.29, 0.717) is 0 Å². The van der Waals surface area contributed by atoms with Gasteiger partial charge in [0.2, 0.25) is 0 Å². The molecular formula is C10H18O8. The Balaban J connectivity index is 4.56. The Morgan fingerprint density at radius 3 is 2.00 bits per heavy atom. The average molecular weight is 266 g/mol. The zero-order valence-electron chi connectivity index (χ0n) is 10.1. The van der Waals surface area contributed by atoms with Crippen LogP contribution in [-0.2, 0) is 19.1 Å². The summed E-state index contributed by atoms with van der Waals surface area (Å²) in [5, 5.41) is 37.2. The predicted molar refractivity (Wildman–Crippen MR) is 57.3 cm³/mol. The first-order valence-electron chi connectivity index (χ1n) is 5.25. The van der Waals surface area contributed by atoms with Crippen LogP contribution in [-0.4, -0.2) is 70.0 Å². The van der Waals surface area contributed by atoms with Gasteiger partial charge in [-0.25, -0.2) is 0 Å². The van der Waals surface area contributed by atoms with Gasteiger partial charge in [-0.1, -0.05) is 0 Å². The molecule has 18 heavy (non-hydrogen) atoms. The third-order valence-electron chi connectivity index (χ3n) is 2.06. The van der Waals surface area contributed by atoms with Gasteiger partial charge in [0.1, 0.15) is 24.9 Å². The maximum absolute atomic E-state index is 10.8. The predicted octanol–water partition coefficient (Wildman–Crippen LogP) is -2.44. The highest BCUT2D eigenvalue weighted by Crippen LogP contribution is 2.10. The lowest BCUT2D eigenvalue weighted by Gasteiger charge is -2.28. The zero-order chi connectivity index (χ0) is 14.3. The Morgan fingerprint density at radius 1 is 1.06 bits per heavy atom. The number of carbonyl (C=O) groups is 2. The van der Waals surface area contributed by atoms with Crippen molar-refractivity contribution in [1.29, 1.82) is 0 Å². The van der Waals surface area contributed by atoms with Crippen LogP contribution in [0.25, 0.3) is 0 Å². The van der Waals surface area contributed by atoms with Gasteiger partial charge in [0.15, 0.2) is 6.10 Å². The number of esters is 2. The topological polar surface area (TPSA) is 134 Å². The molecule has 8 nitrogen and oxygen atoms in total. The Labute approximate surface area is 104 Å². The van der Waals surface area contributed by atoms with Gasteiger partial charge < -0.3 is 29.9 Å². The minimum absolute atomic E-state index is 0.521. The largest absolute Gasteiger partial charge is 0.463 e. The number of rotatable bonds is 7. The van der Waals surface area contributed by atoms with Crippen molar-refractivity contribution < 1.29 is 39.5 Å². The molecule has 4 atom stereocenters. The van der Waals surface area contributed by atoms with Gasteiger partial charge in [0.25, 0.3) is 0 Å². The van der Waals surface area contributed by atoms with E-state index >= 15 is 0 Å². The minimum atomic E-state index is -1.70. The highest BCUT2D eigenvalue weighted by Gasteiger charge is 2.34. The summed E-state index contributed by atoms with van der Waals surface area (Å²) in [7, 11) is 0. The van der Waals surface area contributed by atoms with Crippen molar-refractivity contribution in [2.24, 2.45) is 0 Å². The molecule has 0 amide bonds. The summed E-state index contributed by atoms with van der Waals surface area (Å²) in [5.41, 5.74) is 0. The second kappa shape index (κ2) is 7.98. The molecule has 0 radical (unpaired) electrons. The van der Waals surface area contributed by atoms with Crippen molar-refractivity contribution in [1.82, 2.24) is 0 Å². The molecule has 0 aliphatic carbocycles. The number of carbonyl (C=O) groups excluding carboxylic acids is 2. The van der Waals surface area contributed by atoms with Crippen LogP contribution in [0, 0.1) is 0 Å². The molecule has 0 unspecified atom stereocenters. The molecule has 8 heteroatoms. The summed E-state index contributed by atoms with van der Waals surface area (Å²) in [5.74, 6) is -1.46. The van der Waals surface area contributed by atoms with Gasteiger partial charge in [-0.3, -0.25) is 9.59 Å². The molecule has 0 spiro atoms. The van der Waals surface area contributed by atoms with Crippen LogP contribution in [0.15, 0.2) is 0 Å². The van der Waals surface area contributed by atoms with Gasteiger partial charge in [-0.15, -0.1) is 0 Å². The number of hydrogen-bond acceptors (Lipinski definition) is 8. The minimum Gasteiger partial charge on any atom is -0.463 e. The second-order valence-corrected chi connectivity index (χ2v) is 3.68. The SMILES string of the molecule is CC(=O)OC[C@H](O)[C@H](O)[C@@H](OC(C)=O)[C@H](O)CO. The van der Waals surface area contributed by atoms with Crippen molar-refractivity contribution in [3.8, 4) is 0 Å². The summed E-state index contributed by atoms with van der Waals surface area (Å²) in [4.78, 5) is 21.3. The standard InChI is InChI=1S/C10H18O8/c1-5(12)17-4-8(15)9(16)10(7(14)3-11)18-6(2)13/h7-11,14-16H,3-4H2,1-2H3/t7-,8+,9+,10+/m1/s1. The normalized spacial score (nSPS) is 17.4. The van der Waals surface area contributed by atoms with Gasteiger partial charge >= 0.3 is 11.9 Å². The van der Waals surface area contributed by atoms with Crippen LogP contribution in [0.2, 0.25) is 0 Å². The molecule has 0 aliphatic rings. The van der Waals surface area contributed by atoms with Crippen LogP contribution in [0.1, 0.15) is 13.8 Å². The van der Waals surface area contributed by atoms with E-state index in [0.717, 1.165) is 13.8 Å². The van der Waals surface area contributed by atoms with E-state index in [-0.39, 0.29) is 0 Å². The lowest BCUT2D eigenvalue weighted by atomic mass is 10.0. The Bertz CT molecular complexity index is 279. The van der Waals surface area contributed by atoms with E-state index in [2.05, 4.69) is 9.47 Å². The molecule has 0 aromatic rings. The smallest absolute Gasteiger partial charge is 0.303 e. The summed E-state index contributed by atoms with van der Waals surface area (Å²) in [6, 6.07) is 0. The third-order valence-corrected chi connectivity index (χ3v) is 2.06. The van der Waals surface area contributed by atoms with Crippen LogP contribution < -0.4 is 0 Å². The zero-order valence-corrected chi connectivity index (χ0v) is 10.1. The molecule has 106 valence electrons. The van der Waals surface area contributed by atoms with E-state index in [9.17, 15) is 24.9 Å². The summed E-state index contributed by atoms with van der Waals surface area (Å²) in [6.45, 7) is 0.870. The maximum Gasteiger partial charge on any atom is 0.303 e. The molecular weight excluding hydrogens is 248 g/mol. The summed E-state index contributed by atoms with van der Waals surface area (Å²) in [6.07, 6.45) is -6.33. The number of hydrogen-bond donors (Lipinski definition) is 4. The van der Waals surface area contributed by atoms with Gasteiger partial charge in [0, 0.05) is 13.8 Å². The van der Waals surface area contributed by atoms with Crippen molar-refractivity contribution in [3.05, 3.63) is 0 Å². The maximum atomic E-state index is 10.8. The molecule has 4 N–H and O–H groups in total. The van der Waals surface area contributed by atoms with E-state index in [1.54, 1.807) is 0 Å². The highest BCUT2D eigenvalue weighted by molar-refractivity contribution is 5.66. The summed E-state index contributed by atoms with van der Waals surface area (Å²) >= 11 is 0. The van der Waals surface area contributed by atoms with E-state index < -0.39 is 49.6 Å². The monoisotopic (exact) mass is 266 g/mol. The van der Waals surface area contributed by atoms with Gasteiger partial charge in [-0.05, 0) is 0 Å². The Hall–Kier alpha value is -1.22. The fourth-order valence-electron chi connectivity index (χ4n) is 1.19. The quantitative estimate of drug-likeness (QED) is 0.373. The van der Waals surface area contributed by atoms with Crippen molar-refractivity contribution in [3.63, 3.8) is 0 Å². The fourth-order valence-corrected chi connectivity index (χ4v) is 1.19. The molecule has 0 rings (SSSR count). The molecule has 0 aromatic heterocycles. The first-order chi connectivity index (χ1) is 8.29. The molecule has 0 heterocycles. The number of aliphatic hydroxyl groups is 4. The average Bonchev–Trinajstić information content (AvgIpc) is 2.30. The van der Waals surface area contributed by atoms with E-state index in [1.165, 1.54) is 0 Å². The Morgan fingerprint density at radius 2 is 1.61 bits per heavy atom. The third kappa shape index (κ3) is 5.92. The lowest BCUT2D eigenvalue weighted by molar-refractivity contribution is -0.177. The highest BCUT2D eigenvalue weighted by atomic mass is 16.6. The van der Waals surface area contributed by atoms with Crippen molar-refractivity contribution >= 4 is 11.9 Å². The van der Waals surface area contributed by atoms with Crippen LogP contribution in [0.3, 0.4) is 0 Å². The van der Waals surface area contributed by atoms with Gasteiger partial charge in [0.05, 0.1) is 6.61 Å². The Kier molecular flexibility index (Phi) is 7.44. The van der Waals surface area contributed by atoms with Crippen LogP contribution >= 0.6 is 0 Å². The molecule has 0 aliphatic heterocycles. The van der Waals surface area contributed by atoms with E-state index in [4.69, 9.17) is 5.11 Å². The van der Waals surface area contributed by atoms with E-state index in [1.807, 2.05) is 0 Å².